The van der Waals surface area contributed by atoms with Crippen molar-refractivity contribution < 1.29 is 9.59 Å². The van der Waals surface area contributed by atoms with Crippen molar-refractivity contribution in [2.24, 2.45) is 0 Å². The quantitative estimate of drug-likeness (QED) is 0.557. The maximum Gasteiger partial charge on any atom is 0.257 e. The summed E-state index contributed by atoms with van der Waals surface area (Å²) in [5.41, 5.74) is 0.290. The summed E-state index contributed by atoms with van der Waals surface area (Å²) in [6.45, 7) is 0.945. The smallest absolute Gasteiger partial charge is 0.257 e. The second kappa shape index (κ2) is 8.92. The van der Waals surface area contributed by atoms with Crippen LogP contribution in [-0.2, 0) is 4.79 Å². The van der Waals surface area contributed by atoms with Gasteiger partial charge >= 0.3 is 0 Å². The second-order valence-corrected chi connectivity index (χ2v) is 4.71. The average Bonchev–Trinajstić information content (AvgIpc) is 2.53. The van der Waals surface area contributed by atoms with Gasteiger partial charge in [0.15, 0.2) is 0 Å². The molecule has 23 heavy (non-hydrogen) atoms. The van der Waals surface area contributed by atoms with Gasteiger partial charge in [-0.05, 0) is 19.2 Å². The number of rotatable bonds is 6. The van der Waals surface area contributed by atoms with Gasteiger partial charge in [-0.1, -0.05) is 12.1 Å². The Balaban J connectivity index is 0.00000264. The van der Waals surface area contributed by atoms with Crippen molar-refractivity contribution in [2.75, 3.05) is 26.7 Å². The number of aromatic amines is 1. The van der Waals surface area contributed by atoms with Crippen LogP contribution in [0.1, 0.15) is 10.4 Å². The molecule has 2 aromatic rings. The van der Waals surface area contributed by atoms with E-state index >= 15 is 0 Å². The molecule has 1 heterocycles. The Bertz CT molecular complexity index is 745. The first kappa shape index (κ1) is 18.7. The van der Waals surface area contributed by atoms with Gasteiger partial charge in [0, 0.05) is 30.2 Å². The van der Waals surface area contributed by atoms with E-state index in [2.05, 4.69) is 20.9 Å². The molecule has 0 unspecified atom stereocenters. The Morgan fingerprint density at radius 2 is 1.87 bits per heavy atom. The number of likely N-dealkylation sites (N-methyl/N-ethyl adjacent to an activating group) is 1. The first-order chi connectivity index (χ1) is 10.6. The van der Waals surface area contributed by atoms with Crippen LogP contribution in [0.2, 0.25) is 0 Å². The molecule has 0 saturated carbocycles. The van der Waals surface area contributed by atoms with Crippen molar-refractivity contribution in [2.45, 2.75) is 0 Å². The summed E-state index contributed by atoms with van der Waals surface area (Å²) in [4.78, 5) is 38.7. The van der Waals surface area contributed by atoms with E-state index in [1.807, 2.05) is 0 Å². The second-order valence-electron chi connectivity index (χ2n) is 4.71. The molecular weight excluding hydrogens is 320 g/mol. The molecule has 0 radical (unpaired) electrons. The van der Waals surface area contributed by atoms with E-state index < -0.39 is 5.91 Å². The normalized spacial score (nSPS) is 9.96. The minimum Gasteiger partial charge on any atom is -0.360 e. The highest BCUT2D eigenvalue weighted by Crippen LogP contribution is 2.06. The highest BCUT2D eigenvalue weighted by molar-refractivity contribution is 5.98. The van der Waals surface area contributed by atoms with Crippen molar-refractivity contribution in [1.29, 1.82) is 0 Å². The number of fused-ring (bicyclic) bond motifs is 1. The number of carbonyl (C=O) groups excluding carboxylic acids is 2. The lowest BCUT2D eigenvalue weighted by atomic mass is 10.1. The fourth-order valence-corrected chi connectivity index (χ4v) is 1.98. The number of aromatic nitrogens is 1. The lowest BCUT2D eigenvalue weighted by Gasteiger charge is -2.07. The number of hydrogen-bond acceptors (Lipinski definition) is 4. The Hall–Kier alpha value is -2.38. The fraction of sp³-hybridized carbons (Fsp3) is 0.267. The van der Waals surface area contributed by atoms with Crippen LogP contribution in [-0.4, -0.2) is 43.5 Å². The first-order valence-corrected chi connectivity index (χ1v) is 6.93. The van der Waals surface area contributed by atoms with Gasteiger partial charge < -0.3 is 20.9 Å². The molecular formula is C15H19ClN4O3. The number of pyridine rings is 1. The fourth-order valence-electron chi connectivity index (χ4n) is 1.98. The number of hydrogen-bond donors (Lipinski definition) is 4. The lowest BCUT2D eigenvalue weighted by Crippen LogP contribution is -2.40. The van der Waals surface area contributed by atoms with Crippen LogP contribution >= 0.6 is 12.4 Å². The summed E-state index contributed by atoms with van der Waals surface area (Å²) in [7, 11) is 1.78. The van der Waals surface area contributed by atoms with Crippen LogP contribution in [0.5, 0.6) is 0 Å². The van der Waals surface area contributed by atoms with Gasteiger partial charge in [-0.2, -0.15) is 0 Å². The largest absolute Gasteiger partial charge is 0.360 e. The van der Waals surface area contributed by atoms with E-state index in [0.717, 1.165) is 0 Å². The Kier molecular flexibility index (Phi) is 7.24. The van der Waals surface area contributed by atoms with Gasteiger partial charge in [-0.15, -0.1) is 12.4 Å². The van der Waals surface area contributed by atoms with Crippen LogP contribution in [0.4, 0.5) is 0 Å². The van der Waals surface area contributed by atoms with Gasteiger partial charge in [-0.3, -0.25) is 14.4 Å². The van der Waals surface area contributed by atoms with E-state index in [-0.39, 0.29) is 35.9 Å². The van der Waals surface area contributed by atoms with Crippen molar-refractivity contribution in [3.05, 3.63) is 46.2 Å². The molecule has 7 nitrogen and oxygen atoms in total. The summed E-state index contributed by atoms with van der Waals surface area (Å²) in [6, 6.07) is 6.94. The number of amides is 2. The van der Waals surface area contributed by atoms with Crippen LogP contribution in [0.3, 0.4) is 0 Å². The van der Waals surface area contributed by atoms with Crippen molar-refractivity contribution in [1.82, 2.24) is 20.9 Å². The Morgan fingerprint density at radius 1 is 1.13 bits per heavy atom. The average molecular weight is 339 g/mol. The third-order valence-corrected chi connectivity index (χ3v) is 3.14. The predicted octanol–water partition coefficient (Wildman–Crippen LogP) is 0.0153. The number of halogens is 1. The lowest BCUT2D eigenvalue weighted by molar-refractivity contribution is -0.120. The number of para-hydroxylation sites is 1. The molecule has 8 heteroatoms. The maximum absolute atomic E-state index is 12.2. The van der Waals surface area contributed by atoms with Gasteiger partial charge in [0.1, 0.15) is 5.56 Å². The van der Waals surface area contributed by atoms with Crippen molar-refractivity contribution >= 4 is 35.1 Å². The minimum absolute atomic E-state index is 0. The summed E-state index contributed by atoms with van der Waals surface area (Å²) in [5.74, 6) is -0.878. The molecule has 4 N–H and O–H groups in total. The predicted molar refractivity (Wildman–Crippen MR) is 91.1 cm³/mol. The summed E-state index contributed by atoms with van der Waals surface area (Å²) < 4.78 is 0. The minimum atomic E-state index is -0.573. The highest BCUT2D eigenvalue weighted by Gasteiger charge is 2.13. The molecule has 0 aliphatic heterocycles. The van der Waals surface area contributed by atoms with E-state index in [1.54, 1.807) is 31.3 Å². The number of benzene rings is 1. The standard InChI is InChI=1S/C15H18N4O3.ClH/c1-16-6-7-17-13(20)9-19-15(22)11-8-18-12-5-3-2-4-10(12)14(11)21;/h2-5,8,16H,6-7,9H2,1H3,(H,17,20)(H,18,21)(H,19,22);1H. The van der Waals surface area contributed by atoms with Crippen LogP contribution < -0.4 is 21.4 Å². The molecule has 0 atom stereocenters. The molecule has 1 aromatic carbocycles. The third kappa shape index (κ3) is 4.80. The summed E-state index contributed by atoms with van der Waals surface area (Å²) in [5, 5.41) is 8.40. The summed E-state index contributed by atoms with van der Waals surface area (Å²) >= 11 is 0. The van der Waals surface area contributed by atoms with Gasteiger partial charge in [0.05, 0.1) is 6.54 Å². The molecule has 1 aromatic heterocycles. The molecule has 0 spiro atoms. The number of H-pyrrole nitrogens is 1. The van der Waals surface area contributed by atoms with E-state index in [9.17, 15) is 14.4 Å². The first-order valence-electron chi connectivity index (χ1n) is 6.93. The number of carbonyl (C=O) groups is 2. The van der Waals surface area contributed by atoms with Gasteiger partial charge in [-0.25, -0.2) is 0 Å². The zero-order valence-electron chi connectivity index (χ0n) is 12.6. The molecule has 2 amide bonds. The molecule has 0 fully saturated rings. The van der Waals surface area contributed by atoms with E-state index in [0.29, 0.717) is 24.0 Å². The highest BCUT2D eigenvalue weighted by atomic mass is 35.5. The van der Waals surface area contributed by atoms with Gasteiger partial charge in [0.2, 0.25) is 11.3 Å². The van der Waals surface area contributed by atoms with Crippen molar-refractivity contribution in [3.63, 3.8) is 0 Å². The van der Waals surface area contributed by atoms with Crippen LogP contribution in [0, 0.1) is 0 Å². The van der Waals surface area contributed by atoms with Gasteiger partial charge in [0.25, 0.3) is 5.91 Å². The molecule has 0 saturated heterocycles. The van der Waals surface area contributed by atoms with Crippen molar-refractivity contribution in [3.8, 4) is 0 Å². The topological polar surface area (TPSA) is 103 Å². The molecule has 0 bridgehead atoms. The zero-order valence-corrected chi connectivity index (χ0v) is 13.5. The Labute approximate surface area is 139 Å². The van der Waals surface area contributed by atoms with Crippen LogP contribution in [0.25, 0.3) is 10.9 Å². The van der Waals surface area contributed by atoms with Crippen LogP contribution in [0.15, 0.2) is 35.3 Å². The Morgan fingerprint density at radius 3 is 2.61 bits per heavy atom. The number of nitrogens with one attached hydrogen (secondary N) is 4. The monoisotopic (exact) mass is 338 g/mol. The van der Waals surface area contributed by atoms with E-state index in [1.165, 1.54) is 6.20 Å². The molecule has 2 rings (SSSR count). The molecule has 0 aliphatic carbocycles. The summed E-state index contributed by atoms with van der Waals surface area (Å²) in [6.07, 6.45) is 1.36. The third-order valence-electron chi connectivity index (χ3n) is 3.14. The molecule has 0 aliphatic rings. The maximum atomic E-state index is 12.2. The molecule has 124 valence electrons. The SMILES string of the molecule is CNCCNC(=O)CNC(=O)c1c[nH]c2ccccc2c1=O.Cl. The zero-order chi connectivity index (χ0) is 15.9. The van der Waals surface area contributed by atoms with E-state index in [4.69, 9.17) is 0 Å².